The van der Waals surface area contributed by atoms with E-state index in [1.165, 1.54) is 43.4 Å². The van der Waals surface area contributed by atoms with E-state index in [0.29, 0.717) is 29.9 Å². The molecule has 2 aromatic carbocycles. The maximum absolute atomic E-state index is 13.7. The quantitative estimate of drug-likeness (QED) is 0.638. The normalized spacial score (nSPS) is 18.7. The molecule has 3 amide bonds. The Bertz CT molecular complexity index is 1140. The summed E-state index contributed by atoms with van der Waals surface area (Å²) in [6.45, 7) is 4.27. The molecular formula is C27H32FN3O6. The van der Waals surface area contributed by atoms with Gasteiger partial charge in [0.25, 0.3) is 11.8 Å². The third kappa shape index (κ3) is 5.11. The molecule has 0 unspecified atom stereocenters. The SMILES string of the molecule is COc1cccc(OC)c1C(=O)N1CCC2(CC1)OC[C@H](C(=O)NC(C)C)N2C(=O)c1ccc(F)cc1. The molecule has 0 aliphatic carbocycles. The highest BCUT2D eigenvalue weighted by molar-refractivity contribution is 6.00. The summed E-state index contributed by atoms with van der Waals surface area (Å²) in [5.41, 5.74) is -0.498. The van der Waals surface area contributed by atoms with Crippen molar-refractivity contribution in [1.29, 1.82) is 0 Å². The minimum atomic E-state index is -1.08. The summed E-state index contributed by atoms with van der Waals surface area (Å²) in [5.74, 6) is -0.656. The van der Waals surface area contributed by atoms with Crippen molar-refractivity contribution in [1.82, 2.24) is 15.1 Å². The van der Waals surface area contributed by atoms with E-state index < -0.39 is 23.5 Å². The maximum Gasteiger partial charge on any atom is 0.261 e. The summed E-state index contributed by atoms with van der Waals surface area (Å²) in [6.07, 6.45) is 0.600. The molecule has 198 valence electrons. The van der Waals surface area contributed by atoms with E-state index in [1.807, 2.05) is 13.8 Å². The number of hydrogen-bond acceptors (Lipinski definition) is 6. The van der Waals surface area contributed by atoms with Crippen LogP contribution in [-0.4, -0.2) is 79.2 Å². The van der Waals surface area contributed by atoms with Crippen LogP contribution < -0.4 is 14.8 Å². The zero-order chi connectivity index (χ0) is 26.7. The number of nitrogens with zero attached hydrogens (tertiary/aromatic N) is 2. The average Bonchev–Trinajstić information content (AvgIpc) is 3.26. The van der Waals surface area contributed by atoms with E-state index in [0.717, 1.165) is 0 Å². The molecule has 0 aromatic heterocycles. The van der Waals surface area contributed by atoms with Crippen molar-refractivity contribution in [2.45, 2.75) is 44.5 Å². The molecule has 2 saturated heterocycles. The van der Waals surface area contributed by atoms with Gasteiger partial charge in [-0.05, 0) is 50.2 Å². The summed E-state index contributed by atoms with van der Waals surface area (Å²) < 4.78 is 30.5. The van der Waals surface area contributed by atoms with Gasteiger partial charge in [0.2, 0.25) is 5.91 Å². The van der Waals surface area contributed by atoms with Crippen molar-refractivity contribution in [3.05, 3.63) is 59.4 Å². The van der Waals surface area contributed by atoms with Gasteiger partial charge in [-0.2, -0.15) is 0 Å². The predicted octanol–water partition coefficient (Wildman–Crippen LogP) is 2.84. The van der Waals surface area contributed by atoms with E-state index in [1.54, 1.807) is 23.1 Å². The fourth-order valence-corrected chi connectivity index (χ4v) is 4.96. The first-order chi connectivity index (χ1) is 17.7. The van der Waals surface area contributed by atoms with Gasteiger partial charge in [-0.1, -0.05) is 6.07 Å². The second-order valence-corrected chi connectivity index (χ2v) is 9.45. The van der Waals surface area contributed by atoms with Crippen LogP contribution in [0.5, 0.6) is 11.5 Å². The molecule has 2 aromatic rings. The third-order valence-corrected chi connectivity index (χ3v) is 6.78. The Kier molecular flexibility index (Phi) is 7.68. The third-order valence-electron chi connectivity index (χ3n) is 6.78. The molecule has 4 rings (SSSR count). The van der Waals surface area contributed by atoms with Crippen molar-refractivity contribution in [3.8, 4) is 11.5 Å². The number of ether oxygens (including phenoxy) is 3. The second kappa shape index (κ2) is 10.8. The molecule has 10 heteroatoms. The Morgan fingerprint density at radius 3 is 2.14 bits per heavy atom. The van der Waals surface area contributed by atoms with Gasteiger partial charge >= 0.3 is 0 Å². The van der Waals surface area contributed by atoms with Crippen LogP contribution in [0.2, 0.25) is 0 Å². The second-order valence-electron chi connectivity index (χ2n) is 9.45. The van der Waals surface area contributed by atoms with Crippen LogP contribution in [0.1, 0.15) is 47.4 Å². The topological polar surface area (TPSA) is 97.4 Å². The average molecular weight is 514 g/mol. The molecule has 2 aliphatic heterocycles. The Labute approximate surface area is 215 Å². The molecule has 2 aliphatic rings. The number of carbonyl (C=O) groups excluding carboxylic acids is 3. The monoisotopic (exact) mass is 513 g/mol. The van der Waals surface area contributed by atoms with E-state index in [9.17, 15) is 18.8 Å². The van der Waals surface area contributed by atoms with Gasteiger partial charge in [0.1, 0.15) is 34.6 Å². The highest BCUT2D eigenvalue weighted by atomic mass is 19.1. The lowest BCUT2D eigenvalue weighted by Crippen LogP contribution is -2.60. The number of carbonyl (C=O) groups is 3. The first-order valence-corrected chi connectivity index (χ1v) is 12.2. The molecule has 2 heterocycles. The van der Waals surface area contributed by atoms with Crippen molar-refractivity contribution < 1.29 is 33.0 Å². The van der Waals surface area contributed by atoms with Gasteiger partial charge < -0.3 is 24.4 Å². The van der Waals surface area contributed by atoms with E-state index in [-0.39, 0.29) is 43.1 Å². The summed E-state index contributed by atoms with van der Waals surface area (Å²) in [4.78, 5) is 43.3. The number of piperidine rings is 1. The molecular weight excluding hydrogens is 481 g/mol. The van der Waals surface area contributed by atoms with Gasteiger partial charge in [0, 0.05) is 37.5 Å². The van der Waals surface area contributed by atoms with Crippen LogP contribution in [0, 0.1) is 5.82 Å². The van der Waals surface area contributed by atoms with Crippen molar-refractivity contribution >= 4 is 17.7 Å². The molecule has 1 N–H and O–H groups in total. The lowest BCUT2D eigenvalue weighted by atomic mass is 9.95. The largest absolute Gasteiger partial charge is 0.496 e. The molecule has 0 saturated carbocycles. The summed E-state index contributed by atoms with van der Waals surface area (Å²) in [7, 11) is 2.98. The van der Waals surface area contributed by atoms with E-state index in [2.05, 4.69) is 5.32 Å². The number of benzene rings is 2. The number of rotatable bonds is 6. The Morgan fingerprint density at radius 2 is 1.59 bits per heavy atom. The predicted molar refractivity (Wildman–Crippen MR) is 133 cm³/mol. The number of likely N-dealkylation sites (tertiary alicyclic amines) is 1. The first kappa shape index (κ1) is 26.4. The van der Waals surface area contributed by atoms with Crippen LogP contribution in [0.3, 0.4) is 0 Å². The van der Waals surface area contributed by atoms with Crippen LogP contribution in [0.4, 0.5) is 4.39 Å². The first-order valence-electron chi connectivity index (χ1n) is 12.2. The number of nitrogens with one attached hydrogen (secondary N) is 1. The fraction of sp³-hybridized carbons (Fsp3) is 0.444. The summed E-state index contributed by atoms with van der Waals surface area (Å²) >= 11 is 0. The van der Waals surface area contributed by atoms with E-state index in [4.69, 9.17) is 14.2 Å². The highest BCUT2D eigenvalue weighted by Crippen LogP contribution is 2.40. The maximum atomic E-state index is 13.7. The zero-order valence-electron chi connectivity index (χ0n) is 21.5. The summed E-state index contributed by atoms with van der Waals surface area (Å²) in [6, 6.07) is 9.38. The Hall–Kier alpha value is -3.66. The molecule has 37 heavy (non-hydrogen) atoms. The Balaban J connectivity index is 1.60. The van der Waals surface area contributed by atoms with Gasteiger partial charge in [0.05, 0.1) is 20.8 Å². The highest BCUT2D eigenvalue weighted by Gasteiger charge is 2.54. The molecule has 1 spiro atoms. The van der Waals surface area contributed by atoms with Gasteiger partial charge in [-0.25, -0.2) is 4.39 Å². The van der Waals surface area contributed by atoms with Gasteiger partial charge in [-0.3, -0.25) is 19.3 Å². The molecule has 0 radical (unpaired) electrons. The smallest absolute Gasteiger partial charge is 0.261 e. The minimum absolute atomic E-state index is 0.0275. The lowest BCUT2D eigenvalue weighted by Gasteiger charge is -2.44. The lowest BCUT2D eigenvalue weighted by molar-refractivity contribution is -0.128. The van der Waals surface area contributed by atoms with Crippen molar-refractivity contribution in [2.75, 3.05) is 33.9 Å². The van der Waals surface area contributed by atoms with Crippen LogP contribution in [0.15, 0.2) is 42.5 Å². The van der Waals surface area contributed by atoms with Crippen molar-refractivity contribution in [2.24, 2.45) is 0 Å². The van der Waals surface area contributed by atoms with Crippen LogP contribution in [0.25, 0.3) is 0 Å². The van der Waals surface area contributed by atoms with Crippen LogP contribution >= 0.6 is 0 Å². The summed E-state index contributed by atoms with van der Waals surface area (Å²) in [5, 5.41) is 2.86. The zero-order valence-corrected chi connectivity index (χ0v) is 21.5. The number of hydrogen-bond donors (Lipinski definition) is 1. The fourth-order valence-electron chi connectivity index (χ4n) is 4.96. The van der Waals surface area contributed by atoms with Crippen LogP contribution in [-0.2, 0) is 9.53 Å². The molecule has 0 bridgehead atoms. The van der Waals surface area contributed by atoms with Gasteiger partial charge in [-0.15, -0.1) is 0 Å². The number of halogens is 1. The number of amides is 3. The van der Waals surface area contributed by atoms with E-state index >= 15 is 0 Å². The molecule has 2 fully saturated rings. The van der Waals surface area contributed by atoms with Gasteiger partial charge in [0.15, 0.2) is 0 Å². The molecule has 1 atom stereocenters. The number of methoxy groups -OCH3 is 2. The molecule has 9 nitrogen and oxygen atoms in total. The van der Waals surface area contributed by atoms with Crippen molar-refractivity contribution in [3.63, 3.8) is 0 Å². The standard InChI is InChI=1S/C27H32FN3O6/c1-17(2)29-24(32)20-16-37-27(31(20)25(33)18-8-10-19(28)11-9-18)12-14-30(15-13-27)26(34)23-21(35-3)6-5-7-22(23)36-4/h5-11,17,20H,12-16H2,1-4H3,(H,29,32)/t20-/m1/s1. The Morgan fingerprint density at radius 1 is 1.00 bits per heavy atom. The minimum Gasteiger partial charge on any atom is -0.496 e.